The Morgan fingerprint density at radius 2 is 2.04 bits per heavy atom. The monoisotopic (exact) mass is 346 g/mol. The Bertz CT molecular complexity index is 988. The van der Waals surface area contributed by atoms with Gasteiger partial charge in [-0.3, -0.25) is 0 Å². The Morgan fingerprint density at radius 1 is 1.12 bits per heavy atom. The molecule has 1 N–H and O–H groups in total. The minimum absolute atomic E-state index is 0.686. The number of fused-ring (bicyclic) bond motifs is 1. The minimum Gasteiger partial charge on any atom is -0.493 e. The van der Waals surface area contributed by atoms with Crippen molar-refractivity contribution in [3.05, 3.63) is 66.7 Å². The van der Waals surface area contributed by atoms with Gasteiger partial charge in [-0.05, 0) is 49.6 Å². The molecule has 0 bridgehead atoms. The van der Waals surface area contributed by atoms with Crippen LogP contribution in [0.2, 0.25) is 0 Å². The highest BCUT2D eigenvalue weighted by Gasteiger charge is 2.10. The Kier molecular flexibility index (Phi) is 4.69. The number of unbranched alkanes of at least 4 members (excludes halogenated alkanes) is 1. The first kappa shape index (κ1) is 16.4. The maximum Gasteiger partial charge on any atom is 0.142 e. The second kappa shape index (κ2) is 7.44. The van der Waals surface area contributed by atoms with Crippen molar-refractivity contribution in [2.45, 2.75) is 26.3 Å². The van der Waals surface area contributed by atoms with Crippen LogP contribution in [0.15, 0.2) is 61.2 Å². The summed E-state index contributed by atoms with van der Waals surface area (Å²) >= 11 is 0. The van der Waals surface area contributed by atoms with Crippen molar-refractivity contribution < 1.29 is 4.74 Å². The summed E-state index contributed by atoms with van der Waals surface area (Å²) in [4.78, 5) is 12.2. The summed E-state index contributed by atoms with van der Waals surface area (Å²) in [7, 11) is 0. The zero-order valence-corrected chi connectivity index (χ0v) is 14.9. The zero-order valence-electron chi connectivity index (χ0n) is 14.9. The van der Waals surface area contributed by atoms with E-state index in [1.807, 2.05) is 49.1 Å². The van der Waals surface area contributed by atoms with Crippen molar-refractivity contribution in [1.82, 2.24) is 19.5 Å². The van der Waals surface area contributed by atoms with Gasteiger partial charge in [-0.1, -0.05) is 18.2 Å². The molecule has 4 rings (SSSR count). The third kappa shape index (κ3) is 3.61. The number of H-pyrrole nitrogens is 1. The first-order valence-corrected chi connectivity index (χ1v) is 8.94. The molecule has 0 fully saturated rings. The average Bonchev–Trinajstić information content (AvgIpc) is 3.31. The van der Waals surface area contributed by atoms with E-state index in [4.69, 9.17) is 9.72 Å². The molecule has 0 radical (unpaired) electrons. The van der Waals surface area contributed by atoms with E-state index in [1.165, 1.54) is 5.56 Å². The highest BCUT2D eigenvalue weighted by molar-refractivity contribution is 5.81. The van der Waals surface area contributed by atoms with Crippen LogP contribution >= 0.6 is 0 Å². The van der Waals surface area contributed by atoms with Gasteiger partial charge in [-0.2, -0.15) is 0 Å². The molecule has 0 aliphatic rings. The largest absolute Gasteiger partial charge is 0.493 e. The number of nitrogens with one attached hydrogen (secondary N) is 1. The SMILES string of the molecule is Cc1ccc2nc(-c3ccccc3OCCCCn3ccnc3)[nH]c2c1. The lowest BCUT2D eigenvalue weighted by Gasteiger charge is -2.10. The van der Waals surface area contributed by atoms with Gasteiger partial charge < -0.3 is 14.3 Å². The molecule has 26 heavy (non-hydrogen) atoms. The Hall–Kier alpha value is -3.08. The Morgan fingerprint density at radius 3 is 2.92 bits per heavy atom. The second-order valence-electron chi connectivity index (χ2n) is 6.46. The first-order valence-electron chi connectivity index (χ1n) is 8.94. The van der Waals surface area contributed by atoms with Gasteiger partial charge in [0.15, 0.2) is 0 Å². The third-order valence-electron chi connectivity index (χ3n) is 4.41. The summed E-state index contributed by atoms with van der Waals surface area (Å²) in [5, 5.41) is 0. The summed E-state index contributed by atoms with van der Waals surface area (Å²) in [6, 6.07) is 14.3. The van der Waals surface area contributed by atoms with Gasteiger partial charge in [0.2, 0.25) is 0 Å². The fourth-order valence-electron chi connectivity index (χ4n) is 3.04. The van der Waals surface area contributed by atoms with Crippen LogP contribution in [0.3, 0.4) is 0 Å². The average molecular weight is 346 g/mol. The molecule has 5 nitrogen and oxygen atoms in total. The third-order valence-corrected chi connectivity index (χ3v) is 4.41. The van der Waals surface area contributed by atoms with Crippen molar-refractivity contribution in [3.63, 3.8) is 0 Å². The van der Waals surface area contributed by atoms with Crippen molar-refractivity contribution in [2.24, 2.45) is 0 Å². The number of ether oxygens (including phenoxy) is 1. The molecule has 0 spiro atoms. The van der Waals surface area contributed by atoms with E-state index < -0.39 is 0 Å². The number of aromatic amines is 1. The normalized spacial score (nSPS) is 11.1. The van der Waals surface area contributed by atoms with Crippen molar-refractivity contribution in [2.75, 3.05) is 6.61 Å². The van der Waals surface area contributed by atoms with E-state index >= 15 is 0 Å². The summed E-state index contributed by atoms with van der Waals surface area (Å²) in [5.41, 5.74) is 4.24. The molecule has 0 unspecified atom stereocenters. The van der Waals surface area contributed by atoms with Crippen LogP contribution in [0.4, 0.5) is 0 Å². The van der Waals surface area contributed by atoms with Crippen LogP contribution in [0, 0.1) is 6.92 Å². The van der Waals surface area contributed by atoms with Crippen molar-refractivity contribution in [1.29, 1.82) is 0 Å². The van der Waals surface area contributed by atoms with Crippen LogP contribution < -0.4 is 4.74 Å². The van der Waals surface area contributed by atoms with Gasteiger partial charge in [0.05, 0.1) is 29.5 Å². The van der Waals surface area contributed by atoms with Gasteiger partial charge in [0.25, 0.3) is 0 Å². The molecule has 0 aliphatic carbocycles. The van der Waals surface area contributed by atoms with E-state index in [1.54, 1.807) is 0 Å². The fourth-order valence-corrected chi connectivity index (χ4v) is 3.04. The number of para-hydroxylation sites is 1. The molecule has 2 aromatic carbocycles. The molecule has 0 aliphatic heterocycles. The molecular formula is C21H22N4O. The van der Waals surface area contributed by atoms with Crippen LogP contribution in [0.5, 0.6) is 5.75 Å². The number of aryl methyl sites for hydroxylation is 2. The molecule has 5 heteroatoms. The topological polar surface area (TPSA) is 55.7 Å². The van der Waals surface area contributed by atoms with Crippen LogP contribution in [-0.2, 0) is 6.54 Å². The van der Waals surface area contributed by atoms with Crippen molar-refractivity contribution >= 4 is 11.0 Å². The van der Waals surface area contributed by atoms with Crippen LogP contribution in [-0.4, -0.2) is 26.1 Å². The summed E-state index contributed by atoms with van der Waals surface area (Å²) in [6.07, 6.45) is 7.69. The zero-order chi connectivity index (χ0) is 17.8. The van der Waals surface area contributed by atoms with Crippen LogP contribution in [0.25, 0.3) is 22.4 Å². The maximum atomic E-state index is 6.05. The summed E-state index contributed by atoms with van der Waals surface area (Å²) < 4.78 is 8.13. The predicted octanol–water partition coefficient (Wildman–Crippen LogP) is 4.59. The van der Waals surface area contributed by atoms with Crippen molar-refractivity contribution in [3.8, 4) is 17.1 Å². The highest BCUT2D eigenvalue weighted by atomic mass is 16.5. The Balaban J connectivity index is 1.44. The van der Waals surface area contributed by atoms with Gasteiger partial charge in [0, 0.05) is 18.9 Å². The number of aromatic nitrogens is 4. The molecule has 132 valence electrons. The summed E-state index contributed by atoms with van der Waals surface area (Å²) in [6.45, 7) is 3.74. The molecule has 0 amide bonds. The Labute approximate surface area is 152 Å². The van der Waals surface area contributed by atoms with Gasteiger partial charge >= 0.3 is 0 Å². The predicted molar refractivity (Wildman–Crippen MR) is 103 cm³/mol. The number of imidazole rings is 2. The number of nitrogens with zero attached hydrogens (tertiary/aromatic N) is 3. The van der Waals surface area contributed by atoms with E-state index in [9.17, 15) is 0 Å². The molecule has 0 atom stereocenters. The number of hydrogen-bond donors (Lipinski definition) is 1. The van der Waals surface area contributed by atoms with E-state index in [0.717, 1.165) is 47.6 Å². The number of hydrogen-bond acceptors (Lipinski definition) is 3. The number of benzene rings is 2. The molecule has 0 saturated carbocycles. The van der Waals surface area contributed by atoms with E-state index in [0.29, 0.717) is 6.61 Å². The lowest BCUT2D eigenvalue weighted by molar-refractivity contribution is 0.304. The van der Waals surface area contributed by atoms with Gasteiger partial charge in [-0.15, -0.1) is 0 Å². The maximum absolute atomic E-state index is 6.05. The van der Waals surface area contributed by atoms with E-state index in [-0.39, 0.29) is 0 Å². The lowest BCUT2D eigenvalue weighted by atomic mass is 10.2. The minimum atomic E-state index is 0.686. The van der Waals surface area contributed by atoms with Gasteiger partial charge in [-0.25, -0.2) is 9.97 Å². The lowest BCUT2D eigenvalue weighted by Crippen LogP contribution is -2.02. The smallest absolute Gasteiger partial charge is 0.142 e. The molecule has 4 aromatic rings. The summed E-state index contributed by atoms with van der Waals surface area (Å²) in [5.74, 6) is 1.71. The quantitative estimate of drug-likeness (QED) is 0.498. The standard InChI is InChI=1S/C21H22N4O/c1-16-8-9-18-19(14-16)24-21(23-18)17-6-2-3-7-20(17)26-13-5-4-11-25-12-10-22-15-25/h2-3,6-10,12,14-15H,4-5,11,13H2,1H3,(H,23,24). The highest BCUT2D eigenvalue weighted by Crippen LogP contribution is 2.29. The number of rotatable bonds is 7. The molecule has 2 heterocycles. The second-order valence-corrected chi connectivity index (χ2v) is 6.46. The molecule has 0 saturated heterocycles. The fraction of sp³-hybridized carbons (Fsp3) is 0.238. The van der Waals surface area contributed by atoms with E-state index in [2.05, 4.69) is 33.6 Å². The molecular weight excluding hydrogens is 324 g/mol. The van der Waals surface area contributed by atoms with Gasteiger partial charge in [0.1, 0.15) is 11.6 Å². The van der Waals surface area contributed by atoms with Crippen LogP contribution in [0.1, 0.15) is 18.4 Å². The molecule has 2 aromatic heterocycles. The first-order chi connectivity index (χ1) is 12.8.